The molecule has 6 heteroatoms. The third-order valence-electron chi connectivity index (χ3n) is 2.92. The van der Waals surface area contributed by atoms with E-state index in [1.165, 1.54) is 0 Å². The maximum Gasteiger partial charge on any atom is 0.359 e. The Balaban J connectivity index is 2.25. The van der Waals surface area contributed by atoms with E-state index < -0.39 is 5.97 Å². The average molecular weight is 329 g/mol. The van der Waals surface area contributed by atoms with E-state index in [1.807, 2.05) is 6.20 Å². The first kappa shape index (κ1) is 14.3. The molecule has 104 valence electrons. The van der Waals surface area contributed by atoms with Crippen molar-refractivity contribution in [1.82, 2.24) is 9.78 Å². The second-order valence-electron chi connectivity index (χ2n) is 4.25. The summed E-state index contributed by atoms with van der Waals surface area (Å²) in [6, 6.07) is 0. The quantitative estimate of drug-likeness (QED) is 0.797. The first-order valence-corrected chi connectivity index (χ1v) is 7.32. The fraction of sp³-hybridized carbons (Fsp3) is 0.538. The number of carbonyl (C=O) groups excluding carboxylic acids is 1. The van der Waals surface area contributed by atoms with Gasteiger partial charge in [-0.2, -0.15) is 5.10 Å². The molecule has 0 saturated carbocycles. The van der Waals surface area contributed by atoms with Crippen LogP contribution in [-0.4, -0.2) is 29.0 Å². The van der Waals surface area contributed by atoms with Gasteiger partial charge in [-0.25, -0.2) is 9.48 Å². The highest BCUT2D eigenvalue weighted by Crippen LogP contribution is 2.24. The van der Waals surface area contributed by atoms with Gasteiger partial charge in [0.05, 0.1) is 6.61 Å². The molecular formula is C13H17BrN2O3. The molecule has 1 fully saturated rings. The van der Waals surface area contributed by atoms with Crippen LogP contribution in [0.25, 0.3) is 6.08 Å². The Morgan fingerprint density at radius 1 is 1.68 bits per heavy atom. The van der Waals surface area contributed by atoms with E-state index in [4.69, 9.17) is 9.47 Å². The molecule has 2 heterocycles. The van der Waals surface area contributed by atoms with E-state index >= 15 is 0 Å². The number of hydrogen-bond donors (Lipinski definition) is 0. The van der Waals surface area contributed by atoms with Crippen molar-refractivity contribution in [3.8, 4) is 0 Å². The summed E-state index contributed by atoms with van der Waals surface area (Å²) < 4.78 is 12.4. The van der Waals surface area contributed by atoms with Gasteiger partial charge in [0.25, 0.3) is 0 Å². The average Bonchev–Trinajstić information content (AvgIpc) is 2.85. The van der Waals surface area contributed by atoms with Gasteiger partial charge in [0.2, 0.25) is 0 Å². The van der Waals surface area contributed by atoms with E-state index in [9.17, 15) is 4.79 Å². The molecule has 1 aromatic heterocycles. The van der Waals surface area contributed by atoms with Gasteiger partial charge in [-0.05, 0) is 37.2 Å². The second kappa shape index (κ2) is 6.86. The zero-order chi connectivity index (χ0) is 13.7. The normalized spacial score (nSPS) is 19.8. The Morgan fingerprint density at radius 2 is 2.53 bits per heavy atom. The van der Waals surface area contributed by atoms with E-state index in [2.05, 4.69) is 21.0 Å². The third kappa shape index (κ3) is 3.45. The molecule has 0 amide bonds. The maximum atomic E-state index is 11.8. The molecule has 0 aliphatic carbocycles. The lowest BCUT2D eigenvalue weighted by Crippen LogP contribution is -2.19. The summed E-state index contributed by atoms with van der Waals surface area (Å²) >= 11 is 3.21. The number of rotatable bonds is 4. The zero-order valence-electron chi connectivity index (χ0n) is 10.8. The summed E-state index contributed by atoms with van der Waals surface area (Å²) in [7, 11) is 0. The summed E-state index contributed by atoms with van der Waals surface area (Å²) in [5.74, 6) is -0.405. The predicted molar refractivity (Wildman–Crippen MR) is 75.0 cm³/mol. The van der Waals surface area contributed by atoms with Gasteiger partial charge in [0, 0.05) is 18.4 Å². The van der Waals surface area contributed by atoms with Gasteiger partial charge >= 0.3 is 5.97 Å². The molecule has 2 rings (SSSR count). The smallest absolute Gasteiger partial charge is 0.359 e. The molecule has 19 heavy (non-hydrogen) atoms. The lowest BCUT2D eigenvalue weighted by atomic mass is 10.2. The van der Waals surface area contributed by atoms with Crippen molar-refractivity contribution in [2.24, 2.45) is 0 Å². The van der Waals surface area contributed by atoms with Crippen LogP contribution in [0.15, 0.2) is 11.2 Å². The van der Waals surface area contributed by atoms with Crippen LogP contribution in [0.2, 0.25) is 0 Å². The Labute approximate surface area is 120 Å². The summed E-state index contributed by atoms with van der Waals surface area (Å²) in [6.07, 6.45) is 6.62. The minimum Gasteiger partial charge on any atom is -0.461 e. The number of nitrogens with zero attached hydrogens (tertiary/aromatic N) is 2. The summed E-state index contributed by atoms with van der Waals surface area (Å²) in [5.41, 5.74) is 1.05. The van der Waals surface area contributed by atoms with E-state index in [0.717, 1.165) is 31.4 Å². The molecule has 1 unspecified atom stereocenters. The zero-order valence-corrected chi connectivity index (χ0v) is 12.4. The van der Waals surface area contributed by atoms with Crippen LogP contribution >= 0.6 is 15.9 Å². The first-order chi connectivity index (χ1) is 9.26. The molecule has 0 N–H and O–H groups in total. The standard InChI is InChI=1S/C13H17BrN2O3/c1-2-18-13(17)12-10(6-7-14)9-16(15-12)11-5-3-4-8-19-11/h6-7,9,11H,2-5,8H2,1H3/b7-6+. The van der Waals surface area contributed by atoms with Crippen LogP contribution in [0.5, 0.6) is 0 Å². The maximum absolute atomic E-state index is 11.8. The van der Waals surface area contributed by atoms with E-state index in [0.29, 0.717) is 12.3 Å². The summed E-state index contributed by atoms with van der Waals surface area (Å²) in [5, 5.41) is 4.32. The summed E-state index contributed by atoms with van der Waals surface area (Å²) in [4.78, 5) is 13.5. The van der Waals surface area contributed by atoms with Gasteiger partial charge in [-0.1, -0.05) is 15.9 Å². The topological polar surface area (TPSA) is 53.3 Å². The molecule has 1 saturated heterocycles. The van der Waals surface area contributed by atoms with Crippen molar-refractivity contribution in [1.29, 1.82) is 0 Å². The molecule has 0 bridgehead atoms. The number of ether oxygens (including phenoxy) is 2. The Kier molecular flexibility index (Phi) is 5.15. The molecule has 1 aliphatic rings. The van der Waals surface area contributed by atoms with Crippen LogP contribution in [0.3, 0.4) is 0 Å². The van der Waals surface area contributed by atoms with Crippen molar-refractivity contribution in [2.45, 2.75) is 32.4 Å². The number of halogens is 1. The highest BCUT2D eigenvalue weighted by molar-refractivity contribution is 9.11. The van der Waals surface area contributed by atoms with Gasteiger partial charge in [0.1, 0.15) is 6.23 Å². The van der Waals surface area contributed by atoms with Crippen molar-refractivity contribution >= 4 is 28.0 Å². The monoisotopic (exact) mass is 328 g/mol. The molecule has 0 spiro atoms. The summed E-state index contributed by atoms with van der Waals surface area (Å²) in [6.45, 7) is 2.85. The first-order valence-electron chi connectivity index (χ1n) is 6.41. The minimum atomic E-state index is -0.405. The van der Waals surface area contributed by atoms with Crippen LogP contribution < -0.4 is 0 Å². The molecular weight excluding hydrogens is 312 g/mol. The van der Waals surface area contributed by atoms with Crippen molar-refractivity contribution in [3.05, 3.63) is 22.4 Å². The molecule has 0 radical (unpaired) electrons. The molecule has 0 aromatic carbocycles. The van der Waals surface area contributed by atoms with Gasteiger partial charge < -0.3 is 9.47 Å². The lowest BCUT2D eigenvalue weighted by Gasteiger charge is -2.22. The van der Waals surface area contributed by atoms with Gasteiger partial charge in [0.15, 0.2) is 5.69 Å². The molecule has 1 aromatic rings. The van der Waals surface area contributed by atoms with Crippen LogP contribution in [0.1, 0.15) is 48.5 Å². The lowest BCUT2D eigenvalue weighted by molar-refractivity contribution is -0.0397. The highest BCUT2D eigenvalue weighted by atomic mass is 79.9. The fourth-order valence-corrected chi connectivity index (χ4v) is 2.32. The van der Waals surface area contributed by atoms with Crippen LogP contribution in [0, 0.1) is 0 Å². The van der Waals surface area contributed by atoms with Crippen molar-refractivity contribution in [3.63, 3.8) is 0 Å². The number of aromatic nitrogens is 2. The van der Waals surface area contributed by atoms with Crippen molar-refractivity contribution in [2.75, 3.05) is 13.2 Å². The molecule has 1 aliphatic heterocycles. The largest absolute Gasteiger partial charge is 0.461 e. The fourth-order valence-electron chi connectivity index (χ4n) is 2.03. The van der Waals surface area contributed by atoms with Crippen LogP contribution in [-0.2, 0) is 9.47 Å². The number of hydrogen-bond acceptors (Lipinski definition) is 4. The molecule has 5 nitrogen and oxygen atoms in total. The minimum absolute atomic E-state index is 0.0839. The second-order valence-corrected chi connectivity index (χ2v) is 4.78. The van der Waals surface area contributed by atoms with E-state index in [1.54, 1.807) is 22.7 Å². The predicted octanol–water partition coefficient (Wildman–Crippen LogP) is 3.12. The van der Waals surface area contributed by atoms with Gasteiger partial charge in [-0.15, -0.1) is 0 Å². The highest BCUT2D eigenvalue weighted by Gasteiger charge is 2.22. The molecule has 1 atom stereocenters. The van der Waals surface area contributed by atoms with Crippen LogP contribution in [0.4, 0.5) is 0 Å². The SMILES string of the molecule is CCOC(=O)c1nn(C2CCCCO2)cc1/C=C/Br. The van der Waals surface area contributed by atoms with Gasteiger partial charge in [-0.3, -0.25) is 0 Å². The Morgan fingerprint density at radius 3 is 3.16 bits per heavy atom. The van der Waals surface area contributed by atoms with E-state index in [-0.39, 0.29) is 6.23 Å². The number of carbonyl (C=O) groups is 1. The van der Waals surface area contributed by atoms with Crippen molar-refractivity contribution < 1.29 is 14.3 Å². The Hall–Kier alpha value is -1.14. The number of esters is 1. The third-order valence-corrected chi connectivity index (χ3v) is 3.19. The Bertz CT molecular complexity index is 464.